The van der Waals surface area contributed by atoms with Crippen molar-refractivity contribution in [3.05, 3.63) is 23.9 Å². The van der Waals surface area contributed by atoms with E-state index in [1.165, 1.54) is 0 Å². The number of hydrogen-bond acceptors (Lipinski definition) is 3. The van der Waals surface area contributed by atoms with E-state index in [9.17, 15) is 4.79 Å². The van der Waals surface area contributed by atoms with Crippen molar-refractivity contribution in [2.24, 2.45) is 0 Å². The first-order chi connectivity index (χ1) is 6.69. The van der Waals surface area contributed by atoms with Crippen LogP contribution in [-0.2, 0) is 0 Å². The van der Waals surface area contributed by atoms with Gasteiger partial charge in [0.05, 0.1) is 0 Å². The summed E-state index contributed by atoms with van der Waals surface area (Å²) >= 11 is 0. The summed E-state index contributed by atoms with van der Waals surface area (Å²) in [7, 11) is 0. The maximum Gasteiger partial charge on any atom is 0.254 e. The lowest BCUT2D eigenvalue weighted by Crippen LogP contribution is -2.30. The molecule has 1 aromatic rings. The van der Waals surface area contributed by atoms with Crippen molar-refractivity contribution in [1.29, 1.82) is 0 Å². The van der Waals surface area contributed by atoms with Crippen molar-refractivity contribution in [3.8, 4) is 0 Å². The monoisotopic (exact) mass is 193 g/mol. The van der Waals surface area contributed by atoms with Gasteiger partial charge in [0, 0.05) is 24.8 Å². The van der Waals surface area contributed by atoms with Crippen molar-refractivity contribution < 1.29 is 4.79 Å². The predicted molar refractivity (Wildman–Crippen MR) is 55.9 cm³/mol. The molecule has 76 valence electrons. The number of pyridine rings is 1. The number of amides is 1. The molecule has 2 N–H and O–H groups in total. The van der Waals surface area contributed by atoms with Gasteiger partial charge in [-0.05, 0) is 26.0 Å². The summed E-state index contributed by atoms with van der Waals surface area (Å²) in [6.45, 7) is 5.31. The van der Waals surface area contributed by atoms with E-state index in [1.807, 2.05) is 13.8 Å². The maximum absolute atomic E-state index is 11.8. The van der Waals surface area contributed by atoms with Crippen LogP contribution in [0.25, 0.3) is 0 Å². The zero-order chi connectivity index (χ0) is 10.6. The van der Waals surface area contributed by atoms with Gasteiger partial charge in [0.15, 0.2) is 0 Å². The topological polar surface area (TPSA) is 59.2 Å². The molecule has 0 unspecified atom stereocenters. The molecule has 0 aliphatic rings. The molecule has 0 radical (unpaired) electrons. The fourth-order valence-electron chi connectivity index (χ4n) is 1.27. The largest absolute Gasteiger partial charge is 0.384 e. The van der Waals surface area contributed by atoms with E-state index in [1.54, 1.807) is 23.2 Å². The molecule has 0 bridgehead atoms. The highest BCUT2D eigenvalue weighted by molar-refractivity contribution is 5.94. The fourth-order valence-corrected chi connectivity index (χ4v) is 1.27. The third kappa shape index (κ3) is 2.22. The van der Waals surface area contributed by atoms with Crippen LogP contribution in [0.2, 0.25) is 0 Å². The zero-order valence-corrected chi connectivity index (χ0v) is 8.53. The molecule has 1 heterocycles. The van der Waals surface area contributed by atoms with E-state index in [2.05, 4.69) is 4.98 Å². The third-order valence-corrected chi connectivity index (χ3v) is 2.08. The first kappa shape index (κ1) is 10.5. The Balaban J connectivity index is 2.88. The van der Waals surface area contributed by atoms with E-state index in [0.29, 0.717) is 24.5 Å². The van der Waals surface area contributed by atoms with Crippen LogP contribution >= 0.6 is 0 Å². The van der Waals surface area contributed by atoms with Gasteiger partial charge in [-0.1, -0.05) is 0 Å². The number of carbonyl (C=O) groups is 1. The molecule has 0 fully saturated rings. The van der Waals surface area contributed by atoms with Crippen molar-refractivity contribution >= 4 is 11.7 Å². The molecule has 0 spiro atoms. The van der Waals surface area contributed by atoms with Gasteiger partial charge in [0.2, 0.25) is 0 Å². The van der Waals surface area contributed by atoms with Crippen molar-refractivity contribution in [3.63, 3.8) is 0 Å². The molecule has 0 saturated carbocycles. The fraction of sp³-hybridized carbons (Fsp3) is 0.400. The first-order valence-electron chi connectivity index (χ1n) is 4.69. The highest BCUT2D eigenvalue weighted by Crippen LogP contribution is 2.06. The van der Waals surface area contributed by atoms with E-state index in [0.717, 1.165) is 0 Å². The number of anilines is 1. The number of nitrogen functional groups attached to an aromatic ring is 1. The van der Waals surface area contributed by atoms with Gasteiger partial charge in [0.1, 0.15) is 5.82 Å². The van der Waals surface area contributed by atoms with Crippen LogP contribution < -0.4 is 5.73 Å². The molecular weight excluding hydrogens is 178 g/mol. The standard InChI is InChI=1S/C10H15N3O/c1-3-13(4-2)10(14)8-5-6-12-9(11)7-8/h5-7H,3-4H2,1-2H3,(H2,11,12). The van der Waals surface area contributed by atoms with E-state index >= 15 is 0 Å². The van der Waals surface area contributed by atoms with E-state index in [4.69, 9.17) is 5.73 Å². The van der Waals surface area contributed by atoms with E-state index in [-0.39, 0.29) is 5.91 Å². The summed E-state index contributed by atoms with van der Waals surface area (Å²) in [5.41, 5.74) is 6.10. The van der Waals surface area contributed by atoms with Crippen LogP contribution in [0.15, 0.2) is 18.3 Å². The first-order valence-corrected chi connectivity index (χ1v) is 4.69. The van der Waals surface area contributed by atoms with Crippen molar-refractivity contribution in [2.75, 3.05) is 18.8 Å². The van der Waals surface area contributed by atoms with Gasteiger partial charge < -0.3 is 10.6 Å². The summed E-state index contributed by atoms with van der Waals surface area (Å²) in [5, 5.41) is 0. The molecule has 14 heavy (non-hydrogen) atoms. The minimum atomic E-state index is 0.00380. The van der Waals surface area contributed by atoms with Gasteiger partial charge in [-0.2, -0.15) is 0 Å². The van der Waals surface area contributed by atoms with Gasteiger partial charge in [-0.3, -0.25) is 4.79 Å². The molecular formula is C10H15N3O. The molecule has 1 amide bonds. The number of nitrogens with two attached hydrogens (primary N) is 1. The molecule has 0 saturated heterocycles. The van der Waals surface area contributed by atoms with Crippen LogP contribution in [0.4, 0.5) is 5.82 Å². The van der Waals surface area contributed by atoms with E-state index < -0.39 is 0 Å². The average Bonchev–Trinajstić information content (AvgIpc) is 2.19. The van der Waals surface area contributed by atoms with Crippen molar-refractivity contribution in [1.82, 2.24) is 9.88 Å². The Labute approximate surface area is 83.7 Å². The quantitative estimate of drug-likeness (QED) is 0.783. The molecule has 4 heteroatoms. The Kier molecular flexibility index (Phi) is 3.45. The second kappa shape index (κ2) is 4.60. The summed E-state index contributed by atoms with van der Waals surface area (Å²) in [4.78, 5) is 17.4. The van der Waals surface area contributed by atoms with Crippen LogP contribution in [0.1, 0.15) is 24.2 Å². The minimum Gasteiger partial charge on any atom is -0.384 e. The summed E-state index contributed by atoms with van der Waals surface area (Å²) in [6.07, 6.45) is 1.55. The number of aromatic nitrogens is 1. The Morgan fingerprint density at radius 2 is 2.14 bits per heavy atom. The smallest absolute Gasteiger partial charge is 0.254 e. The lowest BCUT2D eigenvalue weighted by Gasteiger charge is -2.18. The molecule has 0 aliphatic carbocycles. The second-order valence-electron chi connectivity index (χ2n) is 2.95. The lowest BCUT2D eigenvalue weighted by molar-refractivity contribution is 0.0773. The molecule has 0 aliphatic heterocycles. The normalized spacial score (nSPS) is 9.86. The summed E-state index contributed by atoms with van der Waals surface area (Å²) in [6, 6.07) is 3.28. The van der Waals surface area contributed by atoms with Crippen LogP contribution in [-0.4, -0.2) is 28.9 Å². The number of carbonyl (C=O) groups excluding carboxylic acids is 1. The average molecular weight is 193 g/mol. The zero-order valence-electron chi connectivity index (χ0n) is 8.53. The molecule has 1 aromatic heterocycles. The second-order valence-corrected chi connectivity index (χ2v) is 2.95. The Bertz CT molecular complexity index is 321. The van der Waals surface area contributed by atoms with Gasteiger partial charge >= 0.3 is 0 Å². The SMILES string of the molecule is CCN(CC)C(=O)c1ccnc(N)c1. The van der Waals surface area contributed by atoms with Crippen LogP contribution in [0, 0.1) is 0 Å². The minimum absolute atomic E-state index is 0.00380. The summed E-state index contributed by atoms with van der Waals surface area (Å²) < 4.78 is 0. The summed E-state index contributed by atoms with van der Waals surface area (Å²) in [5.74, 6) is 0.382. The van der Waals surface area contributed by atoms with Gasteiger partial charge in [0.25, 0.3) is 5.91 Å². The Morgan fingerprint density at radius 3 is 2.64 bits per heavy atom. The highest BCUT2D eigenvalue weighted by Gasteiger charge is 2.11. The number of rotatable bonds is 3. The van der Waals surface area contributed by atoms with Gasteiger partial charge in [-0.15, -0.1) is 0 Å². The van der Waals surface area contributed by atoms with Crippen LogP contribution in [0.5, 0.6) is 0 Å². The third-order valence-electron chi connectivity index (χ3n) is 2.08. The molecule has 0 atom stereocenters. The Hall–Kier alpha value is -1.58. The molecule has 1 rings (SSSR count). The molecule has 4 nitrogen and oxygen atoms in total. The van der Waals surface area contributed by atoms with Crippen LogP contribution in [0.3, 0.4) is 0 Å². The number of hydrogen-bond donors (Lipinski definition) is 1. The van der Waals surface area contributed by atoms with Gasteiger partial charge in [-0.25, -0.2) is 4.98 Å². The predicted octanol–water partition coefficient (Wildman–Crippen LogP) is 1.15. The molecule has 0 aromatic carbocycles. The maximum atomic E-state index is 11.8. The Morgan fingerprint density at radius 1 is 1.50 bits per heavy atom. The highest BCUT2D eigenvalue weighted by atomic mass is 16.2. The van der Waals surface area contributed by atoms with Crippen molar-refractivity contribution in [2.45, 2.75) is 13.8 Å². The lowest BCUT2D eigenvalue weighted by atomic mass is 10.2. The number of nitrogens with zero attached hydrogens (tertiary/aromatic N) is 2.